The molecule has 1 saturated carbocycles. The number of hydrogen-bond donors (Lipinski definition) is 1. The minimum atomic E-state index is 0.232. The first kappa shape index (κ1) is 15.7. The van der Waals surface area contributed by atoms with Crippen LogP contribution < -0.4 is 10.1 Å². The Hall–Kier alpha value is -1.85. The predicted molar refractivity (Wildman–Crippen MR) is 93.1 cm³/mol. The number of ether oxygens (including phenoxy) is 2. The number of rotatable bonds is 5. The molecule has 24 heavy (non-hydrogen) atoms. The molecule has 0 spiro atoms. The van der Waals surface area contributed by atoms with Crippen LogP contribution in [-0.2, 0) is 17.9 Å². The lowest BCUT2D eigenvalue weighted by atomic mass is 10.1. The quantitative estimate of drug-likeness (QED) is 0.917. The molecular formula is C19H25N3O2. The van der Waals surface area contributed by atoms with E-state index in [1.54, 1.807) is 7.11 Å². The molecule has 0 unspecified atom stereocenters. The molecule has 1 aliphatic carbocycles. The van der Waals surface area contributed by atoms with Gasteiger partial charge < -0.3 is 19.4 Å². The molecule has 128 valence electrons. The highest BCUT2D eigenvalue weighted by Gasteiger charge is 2.23. The number of nitrogens with zero attached hydrogens (tertiary/aromatic N) is 2. The Bertz CT molecular complexity index is 674. The maximum atomic E-state index is 5.98. The third kappa shape index (κ3) is 3.32. The van der Waals surface area contributed by atoms with Crippen LogP contribution in [0, 0.1) is 0 Å². The van der Waals surface area contributed by atoms with Crippen LogP contribution in [0.2, 0.25) is 0 Å². The molecule has 5 nitrogen and oxygen atoms in total. The molecule has 2 heterocycles. The van der Waals surface area contributed by atoms with Gasteiger partial charge in [-0.2, -0.15) is 0 Å². The Morgan fingerprint density at radius 3 is 2.79 bits per heavy atom. The van der Waals surface area contributed by atoms with E-state index in [-0.39, 0.29) is 6.10 Å². The highest BCUT2D eigenvalue weighted by Crippen LogP contribution is 2.24. The van der Waals surface area contributed by atoms with Crippen molar-refractivity contribution in [2.24, 2.45) is 0 Å². The minimum Gasteiger partial charge on any atom is -0.497 e. The van der Waals surface area contributed by atoms with E-state index < -0.39 is 0 Å². The standard InChI is InChI=1S/C19H25N3O2/c1-23-16-8-6-14(7-9-16)18-12-22-11-17(24-13-19(22)21-18)10-20-15-4-2-3-5-15/h6-9,12,15,17,20H,2-5,10-11,13H2,1H3/t17-/m0/s1. The van der Waals surface area contributed by atoms with Crippen molar-refractivity contribution in [1.29, 1.82) is 0 Å². The fourth-order valence-electron chi connectivity index (χ4n) is 3.64. The van der Waals surface area contributed by atoms with Gasteiger partial charge in [0.25, 0.3) is 0 Å². The molecule has 0 bridgehead atoms. The number of imidazole rings is 1. The van der Waals surface area contributed by atoms with Crippen molar-refractivity contribution in [3.8, 4) is 17.0 Å². The monoisotopic (exact) mass is 327 g/mol. The number of hydrogen-bond acceptors (Lipinski definition) is 4. The van der Waals surface area contributed by atoms with E-state index >= 15 is 0 Å². The maximum absolute atomic E-state index is 5.98. The SMILES string of the molecule is COc1ccc(-c2cn3c(n2)CO[C@@H](CNC2CCCC2)C3)cc1. The van der Waals surface area contributed by atoms with Crippen LogP contribution >= 0.6 is 0 Å². The zero-order valence-electron chi connectivity index (χ0n) is 14.2. The van der Waals surface area contributed by atoms with Gasteiger partial charge in [-0.15, -0.1) is 0 Å². The first-order valence-corrected chi connectivity index (χ1v) is 8.87. The second kappa shape index (κ2) is 6.95. The predicted octanol–water partition coefficient (Wildman–Crippen LogP) is 2.99. The van der Waals surface area contributed by atoms with Gasteiger partial charge in [0, 0.05) is 24.3 Å². The summed E-state index contributed by atoms with van der Waals surface area (Å²) in [7, 11) is 1.68. The lowest BCUT2D eigenvalue weighted by Gasteiger charge is -2.26. The van der Waals surface area contributed by atoms with Crippen LogP contribution in [0.15, 0.2) is 30.5 Å². The van der Waals surface area contributed by atoms with E-state index in [0.29, 0.717) is 12.6 Å². The number of nitrogens with one attached hydrogen (secondary N) is 1. The van der Waals surface area contributed by atoms with E-state index in [1.807, 2.05) is 24.3 Å². The molecule has 1 N–H and O–H groups in total. The van der Waals surface area contributed by atoms with Gasteiger partial charge in [-0.05, 0) is 37.1 Å². The third-order valence-electron chi connectivity index (χ3n) is 5.08. The van der Waals surface area contributed by atoms with Crippen LogP contribution in [0.4, 0.5) is 0 Å². The molecule has 1 atom stereocenters. The maximum Gasteiger partial charge on any atom is 0.135 e. The van der Waals surface area contributed by atoms with Crippen molar-refractivity contribution < 1.29 is 9.47 Å². The van der Waals surface area contributed by atoms with Gasteiger partial charge in [0.05, 0.1) is 25.5 Å². The zero-order chi connectivity index (χ0) is 16.4. The summed E-state index contributed by atoms with van der Waals surface area (Å²) in [5.41, 5.74) is 2.11. The van der Waals surface area contributed by atoms with Crippen LogP contribution in [0.3, 0.4) is 0 Å². The number of benzene rings is 1. The molecule has 5 heteroatoms. The summed E-state index contributed by atoms with van der Waals surface area (Å²) in [5.74, 6) is 1.88. The van der Waals surface area contributed by atoms with Crippen molar-refractivity contribution in [2.75, 3.05) is 13.7 Å². The summed E-state index contributed by atoms with van der Waals surface area (Å²) in [6, 6.07) is 8.73. The van der Waals surface area contributed by atoms with Crippen molar-refractivity contribution in [2.45, 2.75) is 51.0 Å². The van der Waals surface area contributed by atoms with Crippen molar-refractivity contribution in [3.63, 3.8) is 0 Å². The largest absolute Gasteiger partial charge is 0.497 e. The normalized spacial score (nSPS) is 21.0. The molecular weight excluding hydrogens is 302 g/mol. The van der Waals surface area contributed by atoms with Gasteiger partial charge in [0.2, 0.25) is 0 Å². The van der Waals surface area contributed by atoms with Crippen LogP contribution in [0.25, 0.3) is 11.3 Å². The third-order valence-corrected chi connectivity index (χ3v) is 5.08. The van der Waals surface area contributed by atoms with Gasteiger partial charge in [0.1, 0.15) is 18.2 Å². The van der Waals surface area contributed by atoms with Crippen molar-refractivity contribution in [1.82, 2.24) is 14.9 Å². The summed E-state index contributed by atoms with van der Waals surface area (Å²) >= 11 is 0. The second-order valence-electron chi connectivity index (χ2n) is 6.75. The molecule has 1 aromatic heterocycles. The second-order valence-corrected chi connectivity index (χ2v) is 6.75. The molecule has 2 aliphatic rings. The summed E-state index contributed by atoms with van der Waals surface area (Å²) < 4.78 is 13.4. The summed E-state index contributed by atoms with van der Waals surface area (Å²) in [6.07, 6.45) is 7.72. The Labute approximate surface area is 143 Å². The summed E-state index contributed by atoms with van der Waals surface area (Å²) in [5, 5.41) is 3.66. The highest BCUT2D eigenvalue weighted by molar-refractivity contribution is 5.59. The van der Waals surface area contributed by atoms with E-state index in [9.17, 15) is 0 Å². The molecule has 0 radical (unpaired) electrons. The average Bonchev–Trinajstić information content (AvgIpc) is 3.29. The van der Waals surface area contributed by atoms with Gasteiger partial charge in [-0.25, -0.2) is 4.98 Å². The van der Waals surface area contributed by atoms with Gasteiger partial charge in [-0.1, -0.05) is 12.8 Å². The first-order valence-electron chi connectivity index (χ1n) is 8.87. The summed E-state index contributed by atoms with van der Waals surface area (Å²) in [6.45, 7) is 2.39. The molecule has 1 aromatic carbocycles. The topological polar surface area (TPSA) is 48.3 Å². The number of fused-ring (bicyclic) bond motifs is 1. The van der Waals surface area contributed by atoms with Crippen molar-refractivity contribution in [3.05, 3.63) is 36.3 Å². The molecule has 0 saturated heterocycles. The van der Waals surface area contributed by atoms with E-state index in [2.05, 4.69) is 16.1 Å². The molecule has 4 rings (SSSR count). The zero-order valence-corrected chi connectivity index (χ0v) is 14.2. The van der Waals surface area contributed by atoms with Crippen molar-refractivity contribution >= 4 is 0 Å². The van der Waals surface area contributed by atoms with Crippen LogP contribution in [0.1, 0.15) is 31.5 Å². The summed E-state index contributed by atoms with van der Waals surface area (Å²) in [4.78, 5) is 4.73. The van der Waals surface area contributed by atoms with Gasteiger partial charge in [-0.3, -0.25) is 0 Å². The van der Waals surface area contributed by atoms with E-state index in [4.69, 9.17) is 14.5 Å². The van der Waals surface area contributed by atoms with Gasteiger partial charge >= 0.3 is 0 Å². The molecule has 1 fully saturated rings. The number of methoxy groups -OCH3 is 1. The molecule has 2 aromatic rings. The minimum absolute atomic E-state index is 0.232. The Balaban J connectivity index is 1.41. The van der Waals surface area contributed by atoms with Gasteiger partial charge in [0.15, 0.2) is 0 Å². The average molecular weight is 327 g/mol. The fourth-order valence-corrected chi connectivity index (χ4v) is 3.64. The molecule has 0 amide bonds. The lowest BCUT2D eigenvalue weighted by molar-refractivity contribution is 0.00158. The Morgan fingerprint density at radius 1 is 1.25 bits per heavy atom. The first-order chi connectivity index (χ1) is 11.8. The van der Waals surface area contributed by atoms with E-state index in [0.717, 1.165) is 35.9 Å². The van der Waals surface area contributed by atoms with E-state index in [1.165, 1.54) is 25.7 Å². The molecule has 1 aliphatic heterocycles. The number of aromatic nitrogens is 2. The fraction of sp³-hybridized carbons (Fsp3) is 0.526. The Morgan fingerprint density at radius 2 is 2.04 bits per heavy atom. The highest BCUT2D eigenvalue weighted by atomic mass is 16.5. The van der Waals surface area contributed by atoms with Crippen LogP contribution in [0.5, 0.6) is 5.75 Å². The lowest BCUT2D eigenvalue weighted by Crippen LogP contribution is -2.39. The smallest absolute Gasteiger partial charge is 0.135 e. The van der Waals surface area contributed by atoms with Crippen LogP contribution in [-0.4, -0.2) is 35.4 Å². The Kier molecular flexibility index (Phi) is 4.54.